The van der Waals surface area contributed by atoms with Crippen LogP contribution in [0.5, 0.6) is 0 Å². The summed E-state index contributed by atoms with van der Waals surface area (Å²) in [7, 11) is 0. The number of alkyl halides is 3. The molecule has 102 valence electrons. The Balaban J connectivity index is 2.75. The van der Waals surface area contributed by atoms with Crippen molar-refractivity contribution in [2.24, 2.45) is 0 Å². The topological polar surface area (TPSA) is 23.5 Å². The summed E-state index contributed by atoms with van der Waals surface area (Å²) in [6.07, 6.45) is -5.17. The first kappa shape index (κ1) is 15.0. The first-order valence-electron chi connectivity index (χ1n) is 5.89. The molecule has 2 nitrogen and oxygen atoms in total. The lowest BCUT2D eigenvalue weighted by Crippen LogP contribution is -2.43. The second kappa shape index (κ2) is 6.20. The van der Waals surface area contributed by atoms with E-state index in [0.717, 1.165) is 0 Å². The van der Waals surface area contributed by atoms with Gasteiger partial charge in [-0.25, -0.2) is 0 Å². The molecule has 2 atom stereocenters. The quantitative estimate of drug-likeness (QED) is 0.880. The SMILES string of the molecule is CCN(CC(F)(F)F)C(C)C(O)c1ccccc1. The molecule has 0 saturated heterocycles. The molecular formula is C13H18F3NO. The van der Waals surface area contributed by atoms with Crippen molar-refractivity contribution < 1.29 is 18.3 Å². The van der Waals surface area contributed by atoms with Crippen LogP contribution in [0.15, 0.2) is 30.3 Å². The van der Waals surface area contributed by atoms with Crippen LogP contribution in [0.3, 0.4) is 0 Å². The monoisotopic (exact) mass is 261 g/mol. The summed E-state index contributed by atoms with van der Waals surface area (Å²) in [4.78, 5) is 1.22. The lowest BCUT2D eigenvalue weighted by Gasteiger charge is -2.32. The van der Waals surface area contributed by atoms with Crippen molar-refractivity contribution in [2.45, 2.75) is 32.2 Å². The van der Waals surface area contributed by atoms with E-state index in [4.69, 9.17) is 0 Å². The fraction of sp³-hybridized carbons (Fsp3) is 0.538. The smallest absolute Gasteiger partial charge is 0.387 e. The van der Waals surface area contributed by atoms with Crippen LogP contribution in [0.25, 0.3) is 0 Å². The number of nitrogens with zero attached hydrogens (tertiary/aromatic N) is 1. The number of likely N-dealkylation sites (N-methyl/N-ethyl adjacent to an activating group) is 1. The van der Waals surface area contributed by atoms with Crippen LogP contribution in [0, 0.1) is 0 Å². The standard InChI is InChI=1S/C13H18F3NO/c1-3-17(9-13(14,15)16)10(2)12(18)11-7-5-4-6-8-11/h4-8,10,12,18H,3,9H2,1-2H3. The van der Waals surface area contributed by atoms with Crippen LogP contribution in [0.1, 0.15) is 25.5 Å². The predicted molar refractivity (Wildman–Crippen MR) is 64.2 cm³/mol. The molecule has 0 radical (unpaired) electrons. The van der Waals surface area contributed by atoms with E-state index in [-0.39, 0.29) is 6.54 Å². The highest BCUT2D eigenvalue weighted by Gasteiger charge is 2.34. The summed E-state index contributed by atoms with van der Waals surface area (Å²) in [5.74, 6) is 0. The van der Waals surface area contributed by atoms with Gasteiger partial charge in [-0.15, -0.1) is 0 Å². The molecule has 1 aromatic rings. The second-order valence-electron chi connectivity index (χ2n) is 4.27. The maximum atomic E-state index is 12.4. The fourth-order valence-electron chi connectivity index (χ4n) is 1.90. The molecule has 0 spiro atoms. The van der Waals surface area contributed by atoms with Crippen molar-refractivity contribution in [1.29, 1.82) is 0 Å². The van der Waals surface area contributed by atoms with Gasteiger partial charge >= 0.3 is 6.18 Å². The van der Waals surface area contributed by atoms with E-state index in [1.165, 1.54) is 4.90 Å². The van der Waals surface area contributed by atoms with Gasteiger partial charge in [-0.2, -0.15) is 13.2 Å². The number of halogens is 3. The third-order valence-corrected chi connectivity index (χ3v) is 2.96. The number of benzene rings is 1. The Kier molecular flexibility index (Phi) is 5.16. The molecule has 18 heavy (non-hydrogen) atoms. The van der Waals surface area contributed by atoms with Gasteiger partial charge in [-0.1, -0.05) is 37.3 Å². The molecule has 0 aromatic heterocycles. The van der Waals surface area contributed by atoms with Crippen molar-refractivity contribution in [3.05, 3.63) is 35.9 Å². The fourth-order valence-corrected chi connectivity index (χ4v) is 1.90. The van der Waals surface area contributed by atoms with Crippen LogP contribution in [0.2, 0.25) is 0 Å². The normalized spacial score (nSPS) is 15.7. The second-order valence-corrected chi connectivity index (χ2v) is 4.27. The predicted octanol–water partition coefficient (Wildman–Crippen LogP) is 2.99. The van der Waals surface area contributed by atoms with Crippen LogP contribution in [0.4, 0.5) is 13.2 Å². The van der Waals surface area contributed by atoms with Crippen molar-refractivity contribution in [3.8, 4) is 0 Å². The lowest BCUT2D eigenvalue weighted by atomic mass is 10.0. The van der Waals surface area contributed by atoms with Crippen LogP contribution < -0.4 is 0 Å². The molecule has 2 unspecified atom stereocenters. The van der Waals surface area contributed by atoms with Gasteiger partial charge in [0.2, 0.25) is 0 Å². The Morgan fingerprint density at radius 1 is 1.22 bits per heavy atom. The van der Waals surface area contributed by atoms with Gasteiger partial charge in [0.15, 0.2) is 0 Å². The summed E-state index contributed by atoms with van der Waals surface area (Å²) >= 11 is 0. The van der Waals surface area contributed by atoms with E-state index in [9.17, 15) is 18.3 Å². The molecule has 0 bridgehead atoms. The number of aliphatic hydroxyl groups excluding tert-OH is 1. The van der Waals surface area contributed by atoms with E-state index in [1.54, 1.807) is 44.2 Å². The third kappa shape index (κ3) is 4.31. The molecule has 0 aliphatic heterocycles. The highest BCUT2D eigenvalue weighted by molar-refractivity contribution is 5.18. The molecule has 0 saturated carbocycles. The maximum absolute atomic E-state index is 12.4. The summed E-state index contributed by atoms with van der Waals surface area (Å²) in [6.45, 7) is 2.49. The Morgan fingerprint density at radius 2 is 1.78 bits per heavy atom. The van der Waals surface area contributed by atoms with E-state index >= 15 is 0 Å². The van der Waals surface area contributed by atoms with Gasteiger partial charge in [0.05, 0.1) is 12.6 Å². The molecule has 0 heterocycles. The average molecular weight is 261 g/mol. The van der Waals surface area contributed by atoms with Gasteiger partial charge in [-0.05, 0) is 19.0 Å². The third-order valence-electron chi connectivity index (χ3n) is 2.96. The minimum absolute atomic E-state index is 0.241. The van der Waals surface area contributed by atoms with Crippen molar-refractivity contribution in [1.82, 2.24) is 4.90 Å². The van der Waals surface area contributed by atoms with Crippen LogP contribution in [-0.4, -0.2) is 35.3 Å². The van der Waals surface area contributed by atoms with Gasteiger partial charge in [0.25, 0.3) is 0 Å². The zero-order valence-electron chi connectivity index (χ0n) is 10.5. The number of rotatable bonds is 5. The lowest BCUT2D eigenvalue weighted by molar-refractivity contribution is -0.154. The molecule has 0 aliphatic carbocycles. The summed E-state index contributed by atoms with van der Waals surface area (Å²) in [6, 6.07) is 8.15. The molecule has 0 aliphatic rings. The Bertz CT molecular complexity index is 353. The summed E-state index contributed by atoms with van der Waals surface area (Å²) < 4.78 is 37.2. The first-order valence-corrected chi connectivity index (χ1v) is 5.89. The molecule has 0 amide bonds. The van der Waals surface area contributed by atoms with Crippen LogP contribution in [-0.2, 0) is 0 Å². The molecule has 1 rings (SSSR count). The molecular weight excluding hydrogens is 243 g/mol. The zero-order valence-corrected chi connectivity index (χ0v) is 10.5. The van der Waals surface area contributed by atoms with E-state index in [1.807, 2.05) is 0 Å². The van der Waals surface area contributed by atoms with Gasteiger partial charge in [-0.3, -0.25) is 4.90 Å². The van der Waals surface area contributed by atoms with Crippen molar-refractivity contribution >= 4 is 0 Å². The van der Waals surface area contributed by atoms with Crippen molar-refractivity contribution in [2.75, 3.05) is 13.1 Å². The van der Waals surface area contributed by atoms with Crippen molar-refractivity contribution in [3.63, 3.8) is 0 Å². The van der Waals surface area contributed by atoms with E-state index in [0.29, 0.717) is 5.56 Å². The minimum Gasteiger partial charge on any atom is -0.387 e. The first-order chi connectivity index (χ1) is 8.35. The maximum Gasteiger partial charge on any atom is 0.401 e. The molecule has 1 aromatic carbocycles. The summed E-state index contributed by atoms with van der Waals surface area (Å²) in [5.41, 5.74) is 0.630. The summed E-state index contributed by atoms with van der Waals surface area (Å²) in [5, 5.41) is 10.1. The molecule has 5 heteroatoms. The average Bonchev–Trinajstić information content (AvgIpc) is 2.34. The zero-order chi connectivity index (χ0) is 13.8. The Morgan fingerprint density at radius 3 is 2.22 bits per heavy atom. The highest BCUT2D eigenvalue weighted by Crippen LogP contribution is 2.24. The number of hydrogen-bond acceptors (Lipinski definition) is 2. The molecule has 1 N–H and O–H groups in total. The van der Waals surface area contributed by atoms with Crippen LogP contribution >= 0.6 is 0 Å². The number of hydrogen-bond donors (Lipinski definition) is 1. The molecule has 0 fully saturated rings. The van der Waals surface area contributed by atoms with E-state index < -0.39 is 24.9 Å². The Hall–Kier alpha value is -1.07. The Labute approximate surface area is 105 Å². The van der Waals surface area contributed by atoms with Gasteiger partial charge < -0.3 is 5.11 Å². The highest BCUT2D eigenvalue weighted by atomic mass is 19.4. The van der Waals surface area contributed by atoms with Gasteiger partial charge in [0, 0.05) is 6.04 Å². The largest absolute Gasteiger partial charge is 0.401 e. The minimum atomic E-state index is -4.25. The number of aliphatic hydroxyl groups is 1. The van der Waals surface area contributed by atoms with Gasteiger partial charge in [0.1, 0.15) is 0 Å². The van der Waals surface area contributed by atoms with E-state index in [2.05, 4.69) is 0 Å².